The van der Waals surface area contributed by atoms with Crippen LogP contribution in [0.4, 0.5) is 10.3 Å². The van der Waals surface area contributed by atoms with Crippen LogP contribution >= 0.6 is 0 Å². The number of aromatic nitrogens is 2. The fourth-order valence-corrected chi connectivity index (χ4v) is 1.93. The average Bonchev–Trinajstić information content (AvgIpc) is 2.63. The van der Waals surface area contributed by atoms with Crippen molar-refractivity contribution in [1.82, 2.24) is 9.97 Å². The maximum Gasteiger partial charge on any atom is 0.225 e. The van der Waals surface area contributed by atoms with Gasteiger partial charge in [-0.3, -0.25) is 0 Å². The van der Waals surface area contributed by atoms with Crippen molar-refractivity contribution in [2.24, 2.45) is 0 Å². The molecule has 88 valence electrons. The molecular weight excluding hydrogens is 209 g/mol. The number of hydrogen-bond donors (Lipinski definition) is 1. The molecule has 2 atom stereocenters. The van der Waals surface area contributed by atoms with Crippen LogP contribution in [0.3, 0.4) is 0 Å². The lowest BCUT2D eigenvalue weighted by Crippen LogP contribution is -2.33. The summed E-state index contributed by atoms with van der Waals surface area (Å²) in [6.45, 7) is 4.05. The minimum absolute atomic E-state index is 0.0588. The number of nitrogens with zero attached hydrogens (tertiary/aromatic N) is 3. The van der Waals surface area contributed by atoms with Gasteiger partial charge in [-0.05, 0) is 19.4 Å². The van der Waals surface area contributed by atoms with E-state index in [-0.39, 0.29) is 19.2 Å². The molecule has 1 aliphatic heterocycles. The highest BCUT2D eigenvalue weighted by atomic mass is 19.1. The lowest BCUT2D eigenvalue weighted by Gasteiger charge is -2.22. The fraction of sp³-hybridized carbons (Fsp3) is 0.636. The van der Waals surface area contributed by atoms with Gasteiger partial charge in [-0.1, -0.05) is 0 Å². The van der Waals surface area contributed by atoms with E-state index in [2.05, 4.69) is 9.97 Å². The first kappa shape index (κ1) is 11.3. The molecule has 1 aromatic rings. The van der Waals surface area contributed by atoms with Crippen LogP contribution in [0.5, 0.6) is 0 Å². The molecule has 0 radical (unpaired) electrons. The highest BCUT2D eigenvalue weighted by Gasteiger charge is 2.33. The molecule has 1 aromatic heterocycles. The van der Waals surface area contributed by atoms with Crippen molar-refractivity contribution in [3.05, 3.63) is 17.5 Å². The molecule has 4 nitrogen and oxygen atoms in total. The maximum atomic E-state index is 13.3. The fourth-order valence-electron chi connectivity index (χ4n) is 1.93. The average molecular weight is 225 g/mol. The summed E-state index contributed by atoms with van der Waals surface area (Å²) in [4.78, 5) is 10.3. The summed E-state index contributed by atoms with van der Waals surface area (Å²) in [6.07, 6.45) is 1.19. The van der Waals surface area contributed by atoms with E-state index in [9.17, 15) is 9.50 Å². The van der Waals surface area contributed by atoms with Crippen molar-refractivity contribution < 1.29 is 9.50 Å². The maximum absolute atomic E-state index is 13.3. The molecule has 1 N–H and O–H groups in total. The molecular formula is C11H16FN3O. The van der Waals surface area contributed by atoms with Gasteiger partial charge in [-0.2, -0.15) is 0 Å². The number of alkyl halides is 1. The summed E-state index contributed by atoms with van der Waals surface area (Å²) >= 11 is 0. The minimum atomic E-state index is -0.901. The van der Waals surface area contributed by atoms with E-state index in [4.69, 9.17) is 0 Å². The first-order valence-electron chi connectivity index (χ1n) is 5.43. The van der Waals surface area contributed by atoms with Gasteiger partial charge in [0.25, 0.3) is 0 Å². The standard InChI is InChI=1S/C11H16FN3O/c1-7-4-13-11(14-8(7)2)15-5-9(12)3-10(15)6-16/h4,9-10,16H,3,5-6H2,1-2H3/t9-,10-/m0/s1. The molecule has 1 saturated heterocycles. The van der Waals surface area contributed by atoms with Gasteiger partial charge in [0.15, 0.2) is 0 Å². The molecule has 0 bridgehead atoms. The molecule has 2 rings (SSSR count). The Morgan fingerprint density at radius 1 is 1.56 bits per heavy atom. The Balaban J connectivity index is 2.26. The molecule has 0 amide bonds. The molecule has 0 saturated carbocycles. The number of aryl methyl sites for hydroxylation is 2. The van der Waals surface area contributed by atoms with Crippen LogP contribution in [-0.2, 0) is 0 Å². The van der Waals surface area contributed by atoms with Crippen molar-refractivity contribution in [1.29, 1.82) is 0 Å². The van der Waals surface area contributed by atoms with Crippen LogP contribution in [0, 0.1) is 13.8 Å². The number of aliphatic hydroxyl groups is 1. The van der Waals surface area contributed by atoms with Gasteiger partial charge in [-0.25, -0.2) is 14.4 Å². The minimum Gasteiger partial charge on any atom is -0.394 e. The van der Waals surface area contributed by atoms with Gasteiger partial charge in [-0.15, -0.1) is 0 Å². The molecule has 16 heavy (non-hydrogen) atoms. The lowest BCUT2D eigenvalue weighted by molar-refractivity contribution is 0.255. The van der Waals surface area contributed by atoms with E-state index in [0.717, 1.165) is 11.3 Å². The Morgan fingerprint density at radius 2 is 2.31 bits per heavy atom. The van der Waals surface area contributed by atoms with Crippen LogP contribution in [-0.4, -0.2) is 40.4 Å². The van der Waals surface area contributed by atoms with Crippen molar-refractivity contribution in [3.8, 4) is 0 Å². The van der Waals surface area contributed by atoms with Crippen LogP contribution in [0.2, 0.25) is 0 Å². The van der Waals surface area contributed by atoms with Gasteiger partial charge in [0.1, 0.15) is 6.17 Å². The number of anilines is 1. The monoisotopic (exact) mass is 225 g/mol. The number of aliphatic hydroxyl groups excluding tert-OH is 1. The second-order valence-electron chi connectivity index (χ2n) is 4.26. The Morgan fingerprint density at radius 3 is 2.94 bits per heavy atom. The summed E-state index contributed by atoms with van der Waals surface area (Å²) in [6, 6.07) is -0.197. The largest absolute Gasteiger partial charge is 0.394 e. The molecule has 0 aromatic carbocycles. The molecule has 0 unspecified atom stereocenters. The van der Waals surface area contributed by atoms with Gasteiger partial charge in [0, 0.05) is 18.3 Å². The summed E-state index contributed by atoms with van der Waals surface area (Å²) in [5.74, 6) is 0.516. The molecule has 0 spiro atoms. The van der Waals surface area contributed by atoms with Gasteiger partial charge < -0.3 is 10.0 Å². The highest BCUT2D eigenvalue weighted by Crippen LogP contribution is 2.24. The zero-order valence-corrected chi connectivity index (χ0v) is 9.52. The summed E-state index contributed by atoms with van der Waals surface area (Å²) in [5, 5.41) is 9.18. The normalized spacial score (nSPS) is 25.1. The number of rotatable bonds is 2. The quantitative estimate of drug-likeness (QED) is 0.816. The summed E-state index contributed by atoms with van der Waals surface area (Å²) in [7, 11) is 0. The first-order valence-corrected chi connectivity index (χ1v) is 5.43. The summed E-state index contributed by atoms with van der Waals surface area (Å²) in [5.41, 5.74) is 1.91. The molecule has 1 fully saturated rings. The second-order valence-corrected chi connectivity index (χ2v) is 4.26. The first-order chi connectivity index (χ1) is 7.61. The highest BCUT2D eigenvalue weighted by molar-refractivity contribution is 5.36. The molecule has 0 aliphatic carbocycles. The van der Waals surface area contributed by atoms with E-state index < -0.39 is 6.17 Å². The SMILES string of the molecule is Cc1cnc(N2C[C@@H](F)C[C@H]2CO)nc1C. The lowest BCUT2D eigenvalue weighted by atomic mass is 10.2. The Hall–Kier alpha value is -1.23. The number of hydrogen-bond acceptors (Lipinski definition) is 4. The van der Waals surface area contributed by atoms with Crippen LogP contribution in [0.15, 0.2) is 6.20 Å². The smallest absolute Gasteiger partial charge is 0.225 e. The molecule has 2 heterocycles. The third-order valence-electron chi connectivity index (χ3n) is 3.04. The third-order valence-corrected chi connectivity index (χ3v) is 3.04. The van der Waals surface area contributed by atoms with Crippen molar-refractivity contribution in [2.45, 2.75) is 32.5 Å². The number of halogens is 1. The third kappa shape index (κ3) is 2.00. The van der Waals surface area contributed by atoms with E-state index in [1.165, 1.54) is 0 Å². The van der Waals surface area contributed by atoms with E-state index >= 15 is 0 Å². The second kappa shape index (κ2) is 4.33. The predicted molar refractivity (Wildman–Crippen MR) is 59.2 cm³/mol. The molecule has 5 heteroatoms. The van der Waals surface area contributed by atoms with Gasteiger partial charge >= 0.3 is 0 Å². The molecule has 1 aliphatic rings. The Labute approximate surface area is 94.1 Å². The van der Waals surface area contributed by atoms with E-state index in [1.54, 1.807) is 11.1 Å². The van der Waals surface area contributed by atoms with Crippen LogP contribution < -0.4 is 4.90 Å². The predicted octanol–water partition coefficient (Wildman–Crippen LogP) is 1.00. The van der Waals surface area contributed by atoms with Gasteiger partial charge in [0.05, 0.1) is 19.2 Å². The summed E-state index contributed by atoms with van der Waals surface area (Å²) < 4.78 is 13.3. The Kier molecular flexibility index (Phi) is 3.05. The van der Waals surface area contributed by atoms with Crippen molar-refractivity contribution in [3.63, 3.8) is 0 Å². The Bertz CT molecular complexity index is 385. The van der Waals surface area contributed by atoms with Crippen LogP contribution in [0.25, 0.3) is 0 Å². The topological polar surface area (TPSA) is 49.2 Å². The van der Waals surface area contributed by atoms with Gasteiger partial charge in [0.2, 0.25) is 5.95 Å². The zero-order chi connectivity index (χ0) is 11.7. The van der Waals surface area contributed by atoms with E-state index in [1.807, 2.05) is 13.8 Å². The van der Waals surface area contributed by atoms with E-state index in [0.29, 0.717) is 12.4 Å². The van der Waals surface area contributed by atoms with Crippen LogP contribution in [0.1, 0.15) is 17.7 Å². The van der Waals surface area contributed by atoms with Crippen molar-refractivity contribution >= 4 is 5.95 Å². The zero-order valence-electron chi connectivity index (χ0n) is 9.52. The van der Waals surface area contributed by atoms with Crippen molar-refractivity contribution in [2.75, 3.05) is 18.1 Å².